The number of imidazole rings is 1. The number of hydrogen-bond acceptors (Lipinski definition) is 14. The number of nitrogens with two attached hydrogens (primary N) is 1. The van der Waals surface area contributed by atoms with Gasteiger partial charge in [-0.1, -0.05) is 62.4 Å². The SMILES string of the molecule is CCS(=O)(=O)c1ccc(CNC(=O)c2ccc(NCc3cccc4c3OC(F)(F)O4)c(N)c2)cc1.CCS(=O)(=O)c1ccc(CNC(=O)c2ccc3c(c2)nc(N(C)C)n3Cc2cccc3c2OC(F)(F)O3)cc1.C[N+](C)=C(Cl)Cl.[Cl-]. The van der Waals surface area contributed by atoms with E-state index in [0.29, 0.717) is 50.6 Å². The number of halogens is 7. The van der Waals surface area contributed by atoms with Gasteiger partial charge in [0.2, 0.25) is 5.95 Å². The van der Waals surface area contributed by atoms with Gasteiger partial charge in [-0.3, -0.25) is 9.59 Å². The molecule has 5 N–H and O–H groups in total. The van der Waals surface area contributed by atoms with Crippen molar-refractivity contribution in [2.75, 3.05) is 55.6 Å². The molecule has 0 spiro atoms. The first-order valence-electron chi connectivity index (χ1n) is 24.3. The van der Waals surface area contributed by atoms with E-state index < -0.39 is 32.3 Å². The van der Waals surface area contributed by atoms with E-state index in [-0.39, 0.29) is 99.3 Å². The molecule has 2 amide bonds. The highest BCUT2D eigenvalue weighted by atomic mass is 35.5. The lowest BCUT2D eigenvalue weighted by Crippen LogP contribution is -3.00. The van der Waals surface area contributed by atoms with Crippen molar-refractivity contribution in [1.29, 1.82) is 0 Å². The van der Waals surface area contributed by atoms with E-state index in [0.717, 1.165) is 11.1 Å². The molecule has 7 aromatic rings. The average Bonchev–Trinajstić information content (AvgIpc) is 4.12. The second kappa shape index (κ2) is 25.9. The largest absolute Gasteiger partial charge is 1.00 e. The minimum absolute atomic E-state index is 0. The number of para-hydroxylation sites is 2. The monoisotopic (exact) mass is 1220 g/mol. The highest BCUT2D eigenvalue weighted by Gasteiger charge is 2.45. The second-order valence-electron chi connectivity index (χ2n) is 18.2. The minimum atomic E-state index is -3.72. The molecule has 27 heteroatoms. The molecule has 3 heterocycles. The number of ether oxygens (including phenoxy) is 4. The van der Waals surface area contributed by atoms with Gasteiger partial charge in [-0.25, -0.2) is 26.4 Å². The number of amides is 2. The molecule has 6 aromatic carbocycles. The number of rotatable bonds is 16. The fourth-order valence-electron chi connectivity index (χ4n) is 7.83. The van der Waals surface area contributed by atoms with Gasteiger partial charge in [0.15, 0.2) is 42.7 Å². The van der Waals surface area contributed by atoms with Crippen molar-refractivity contribution in [2.24, 2.45) is 0 Å². The van der Waals surface area contributed by atoms with Crippen molar-refractivity contribution < 1.29 is 79.9 Å². The number of aromatic nitrogens is 2. The van der Waals surface area contributed by atoms with Gasteiger partial charge in [-0.05, 0) is 83.9 Å². The van der Waals surface area contributed by atoms with Crippen molar-refractivity contribution in [3.8, 4) is 23.0 Å². The van der Waals surface area contributed by atoms with E-state index in [1.165, 1.54) is 42.5 Å². The van der Waals surface area contributed by atoms with Gasteiger partial charge >= 0.3 is 17.2 Å². The van der Waals surface area contributed by atoms with Crippen LogP contribution in [0.1, 0.15) is 56.8 Å². The molecule has 2 aliphatic rings. The zero-order chi connectivity index (χ0) is 58.3. The van der Waals surface area contributed by atoms with Crippen LogP contribution in [0.2, 0.25) is 0 Å². The molecule has 0 unspecified atom stereocenters. The molecule has 0 saturated heterocycles. The number of nitrogens with one attached hydrogen (secondary N) is 3. The Kier molecular flexibility index (Phi) is 20.1. The molecule has 0 radical (unpaired) electrons. The number of anilines is 3. The van der Waals surface area contributed by atoms with Gasteiger partial charge in [0.25, 0.3) is 11.8 Å². The quantitative estimate of drug-likeness (QED) is 0.0365. The van der Waals surface area contributed by atoms with Crippen molar-refractivity contribution in [1.82, 2.24) is 20.2 Å². The molecule has 9 rings (SSSR count). The smallest absolute Gasteiger partial charge is 0.586 e. The summed E-state index contributed by atoms with van der Waals surface area (Å²) in [6, 6.07) is 31.8. The Morgan fingerprint density at radius 2 is 1.12 bits per heavy atom. The maximum absolute atomic E-state index is 13.7. The highest BCUT2D eigenvalue weighted by molar-refractivity contribution is 7.91. The predicted molar refractivity (Wildman–Crippen MR) is 296 cm³/mol. The summed E-state index contributed by atoms with van der Waals surface area (Å²) in [4.78, 5) is 32.4. The van der Waals surface area contributed by atoms with E-state index in [1.807, 2.05) is 18.7 Å². The first-order chi connectivity index (χ1) is 37.7. The van der Waals surface area contributed by atoms with E-state index in [2.05, 4.69) is 35.1 Å². The molecule has 0 fully saturated rings. The number of benzene rings is 6. The van der Waals surface area contributed by atoms with Gasteiger partial charge in [0, 0.05) is 79.2 Å². The molecule has 1 aromatic heterocycles. The highest BCUT2D eigenvalue weighted by Crippen LogP contribution is 2.45. The number of carbonyl (C=O) groups excluding carboxylic acids is 2. The zero-order valence-corrected chi connectivity index (χ0v) is 48.1. The Bertz CT molecular complexity index is 3690. The lowest BCUT2D eigenvalue weighted by Gasteiger charge is -2.16. The van der Waals surface area contributed by atoms with Gasteiger partial charge in [-0.15, -0.1) is 17.6 Å². The summed E-state index contributed by atoms with van der Waals surface area (Å²) >= 11 is 10.4. The van der Waals surface area contributed by atoms with Crippen molar-refractivity contribution in [3.05, 3.63) is 155 Å². The Balaban J connectivity index is 0.000000235. The maximum Gasteiger partial charge on any atom is 0.586 e. The third kappa shape index (κ3) is 15.7. The number of nitrogens with zero attached hydrogens (tertiary/aromatic N) is 4. The molecule has 0 bridgehead atoms. The predicted octanol–water partition coefficient (Wildman–Crippen LogP) is 6.22. The van der Waals surface area contributed by atoms with Gasteiger partial charge in [0.05, 0.1) is 50.2 Å². The summed E-state index contributed by atoms with van der Waals surface area (Å²) in [7, 11) is 0.593. The Morgan fingerprint density at radius 3 is 1.58 bits per heavy atom. The van der Waals surface area contributed by atoms with Gasteiger partial charge in [0.1, 0.15) is 14.1 Å². The summed E-state index contributed by atoms with van der Waals surface area (Å²) in [5.41, 5.74) is 11.3. The van der Waals surface area contributed by atoms with Crippen molar-refractivity contribution in [2.45, 2.75) is 62.4 Å². The zero-order valence-electron chi connectivity index (χ0n) is 44.2. The number of hydrogen-bond donors (Lipinski definition) is 4. The average molecular weight is 1220 g/mol. The van der Waals surface area contributed by atoms with Crippen LogP contribution in [-0.4, -0.2) is 99.7 Å². The lowest BCUT2D eigenvalue weighted by atomic mass is 10.1. The van der Waals surface area contributed by atoms with Crippen LogP contribution in [0.4, 0.5) is 34.9 Å². The summed E-state index contributed by atoms with van der Waals surface area (Å²) in [6.07, 6.45) is -7.43. The molecule has 432 valence electrons. The topological polar surface area (TPSA) is 226 Å². The molecule has 0 saturated carbocycles. The van der Waals surface area contributed by atoms with Crippen molar-refractivity contribution >= 4 is 87.7 Å². The molecule has 2 aliphatic heterocycles. The number of fused-ring (bicyclic) bond motifs is 3. The molecular weight excluding hydrogens is 1170 g/mol. The van der Waals surface area contributed by atoms with Crippen LogP contribution in [0.5, 0.6) is 23.0 Å². The maximum atomic E-state index is 13.7. The van der Waals surface area contributed by atoms with E-state index in [4.69, 9.17) is 33.7 Å². The van der Waals surface area contributed by atoms with Crippen molar-refractivity contribution in [3.63, 3.8) is 0 Å². The molecule has 0 aliphatic carbocycles. The van der Waals surface area contributed by atoms with Crippen LogP contribution in [0, 0.1) is 0 Å². The number of carbonyl (C=O) groups is 2. The Labute approximate surface area is 481 Å². The standard InChI is InChI=1S/C27H26F2N4O5S.C24H23F2N3O5S.C3H6Cl2N.ClH/c1-4-39(35,36)20-11-8-17(9-12-20)15-30-25(34)18-10-13-22-21(14-18)31-26(32(2)3)33(22)16-19-6-5-7-23-24(19)38-27(28,29)37-23;1-2-35(31,32)18-9-6-15(7-10-18)13-29-23(30)16-8-11-20(19(27)12-16)28-14-17-4-3-5-21-22(17)34-24(25,26)33-21;1-6(2)3(4)5;/h5-14H,4,15-16H2,1-3H3,(H,30,34);3-12,28H,2,13-14,27H2,1H3,(H,29,30);1-2H3;1H/q;;+1;/p-1. The van der Waals surface area contributed by atoms with E-state index in [9.17, 15) is 44.0 Å². The van der Waals surface area contributed by atoms with Crippen LogP contribution < -0.4 is 57.9 Å². The van der Waals surface area contributed by atoms with Crippen LogP contribution in [-0.2, 0) is 45.9 Å². The van der Waals surface area contributed by atoms with Gasteiger partial charge < -0.3 is 62.5 Å². The third-order valence-corrected chi connectivity index (χ3v) is 16.3. The fraction of sp³-hybridized carbons (Fsp3) is 0.259. The first-order valence-corrected chi connectivity index (χ1v) is 28.4. The molecule has 81 heavy (non-hydrogen) atoms. The molecule has 18 nitrogen and oxygen atoms in total. The van der Waals surface area contributed by atoms with E-state index in [1.54, 1.807) is 116 Å². The summed E-state index contributed by atoms with van der Waals surface area (Å²) in [5.74, 6) is -0.231. The van der Waals surface area contributed by atoms with Gasteiger partial charge in [-0.2, -0.15) is 0 Å². The van der Waals surface area contributed by atoms with Crippen LogP contribution >= 0.6 is 23.2 Å². The fourth-order valence-corrected chi connectivity index (χ4v) is 9.59. The van der Waals surface area contributed by atoms with Crippen LogP contribution in [0.3, 0.4) is 0 Å². The summed E-state index contributed by atoms with van der Waals surface area (Å²) in [6.45, 7) is 3.91. The lowest BCUT2D eigenvalue weighted by molar-refractivity contribution is -0.459. The normalized spacial score (nSPS) is 13.3. The Hall–Kier alpha value is -7.51. The van der Waals surface area contributed by atoms with Crippen LogP contribution in [0.15, 0.2) is 131 Å². The molecule has 0 atom stereocenters. The van der Waals surface area contributed by atoms with E-state index >= 15 is 0 Å². The molecular formula is C54H55Cl3F4N8O10S2. The van der Waals surface area contributed by atoms with Crippen LogP contribution in [0.25, 0.3) is 11.0 Å². The number of alkyl halides is 4. The Morgan fingerprint density at radius 1 is 0.667 bits per heavy atom. The number of nitrogen functional groups attached to an aromatic ring is 1. The first kappa shape index (κ1) is 62.7. The summed E-state index contributed by atoms with van der Waals surface area (Å²) in [5, 5.41) is 8.65. The second-order valence-corrected chi connectivity index (χ2v) is 23.6. The minimum Gasteiger partial charge on any atom is -1.00 e. The summed E-state index contributed by atoms with van der Waals surface area (Å²) < 4.78 is 124. The number of sulfone groups is 2. The third-order valence-electron chi connectivity index (χ3n) is 12.1.